The highest BCUT2D eigenvalue weighted by Gasteiger charge is 2.22. The first kappa shape index (κ1) is 13.3. The van der Waals surface area contributed by atoms with E-state index in [2.05, 4.69) is 25.2 Å². The Labute approximate surface area is 112 Å². The van der Waals surface area contributed by atoms with Gasteiger partial charge in [-0.3, -0.25) is 0 Å². The lowest BCUT2D eigenvalue weighted by Gasteiger charge is -2.30. The zero-order valence-electron chi connectivity index (χ0n) is 10.4. The highest BCUT2D eigenvalue weighted by molar-refractivity contribution is 7.16. The third kappa shape index (κ3) is 3.68. The van der Waals surface area contributed by atoms with Crippen molar-refractivity contribution in [3.8, 4) is 0 Å². The molecule has 0 bridgehead atoms. The minimum Gasteiger partial charge on any atom is -0.381 e. The maximum atomic E-state index is 5.96. The molecule has 4 heteroatoms. The van der Waals surface area contributed by atoms with Crippen molar-refractivity contribution in [1.82, 2.24) is 5.32 Å². The van der Waals surface area contributed by atoms with E-state index in [1.54, 1.807) is 11.3 Å². The lowest BCUT2D eigenvalue weighted by Crippen LogP contribution is -2.37. The largest absolute Gasteiger partial charge is 0.381 e. The van der Waals surface area contributed by atoms with Gasteiger partial charge in [-0.25, -0.2) is 0 Å². The predicted molar refractivity (Wildman–Crippen MR) is 73.9 cm³/mol. The molecule has 1 saturated heterocycles. The van der Waals surface area contributed by atoms with Crippen molar-refractivity contribution >= 4 is 22.9 Å². The third-order valence-electron chi connectivity index (χ3n) is 3.51. The number of halogens is 1. The summed E-state index contributed by atoms with van der Waals surface area (Å²) < 4.78 is 6.27. The molecule has 1 aromatic rings. The van der Waals surface area contributed by atoms with Crippen molar-refractivity contribution in [2.45, 2.75) is 38.8 Å². The van der Waals surface area contributed by atoms with Crippen LogP contribution in [-0.4, -0.2) is 19.3 Å². The van der Waals surface area contributed by atoms with Gasteiger partial charge in [-0.1, -0.05) is 11.6 Å². The summed E-state index contributed by atoms with van der Waals surface area (Å²) in [6.07, 6.45) is 2.35. The van der Waals surface area contributed by atoms with Gasteiger partial charge < -0.3 is 10.1 Å². The second-order valence-electron chi connectivity index (χ2n) is 4.77. The molecule has 2 nitrogen and oxygen atoms in total. The van der Waals surface area contributed by atoms with Crippen LogP contribution in [0.4, 0.5) is 0 Å². The Morgan fingerprint density at radius 3 is 2.65 bits per heavy atom. The van der Waals surface area contributed by atoms with Gasteiger partial charge in [0.25, 0.3) is 0 Å². The monoisotopic (exact) mass is 273 g/mol. The van der Waals surface area contributed by atoms with Gasteiger partial charge in [-0.05, 0) is 44.7 Å². The molecule has 0 radical (unpaired) electrons. The second-order valence-corrected chi connectivity index (χ2v) is 6.52. The van der Waals surface area contributed by atoms with E-state index in [1.165, 1.54) is 17.7 Å². The highest BCUT2D eigenvalue weighted by atomic mass is 35.5. The zero-order valence-corrected chi connectivity index (χ0v) is 12.0. The van der Waals surface area contributed by atoms with Crippen LogP contribution in [0.25, 0.3) is 0 Å². The number of ether oxygens (including phenoxy) is 1. The molecule has 0 aliphatic carbocycles. The van der Waals surface area contributed by atoms with Crippen LogP contribution >= 0.6 is 22.9 Å². The molecule has 1 aliphatic rings. The highest BCUT2D eigenvalue weighted by Crippen LogP contribution is 2.28. The first-order chi connectivity index (χ1) is 8.16. The standard InChI is InChI=1S/C13H20ClNOS/c1-9(11-5-7-16-8-6-11)15-10(2)12-3-4-13(14)17-12/h3-4,9-11,15H,5-8H2,1-2H3. The molecule has 2 heterocycles. The first-order valence-electron chi connectivity index (χ1n) is 6.26. The minimum absolute atomic E-state index is 0.380. The molecule has 2 unspecified atom stereocenters. The van der Waals surface area contributed by atoms with Crippen LogP contribution in [0.1, 0.15) is 37.6 Å². The summed E-state index contributed by atoms with van der Waals surface area (Å²) in [6, 6.07) is 5.00. The smallest absolute Gasteiger partial charge is 0.0931 e. The Hall–Kier alpha value is -0.0900. The maximum Gasteiger partial charge on any atom is 0.0931 e. The van der Waals surface area contributed by atoms with Crippen molar-refractivity contribution in [2.24, 2.45) is 5.92 Å². The van der Waals surface area contributed by atoms with Gasteiger partial charge in [0.05, 0.1) is 4.34 Å². The summed E-state index contributed by atoms with van der Waals surface area (Å²) in [4.78, 5) is 1.31. The van der Waals surface area contributed by atoms with Crippen LogP contribution in [0.15, 0.2) is 12.1 Å². The Balaban J connectivity index is 1.87. The summed E-state index contributed by atoms with van der Waals surface area (Å²) in [6.45, 7) is 6.31. The summed E-state index contributed by atoms with van der Waals surface area (Å²) in [5.74, 6) is 0.738. The fourth-order valence-corrected chi connectivity index (χ4v) is 3.46. The first-order valence-corrected chi connectivity index (χ1v) is 7.45. The third-order valence-corrected chi connectivity index (χ3v) is 4.92. The minimum atomic E-state index is 0.380. The number of rotatable bonds is 4. The van der Waals surface area contributed by atoms with E-state index in [-0.39, 0.29) is 0 Å². The summed E-state index contributed by atoms with van der Waals surface area (Å²) in [5.41, 5.74) is 0. The van der Waals surface area contributed by atoms with E-state index in [0.29, 0.717) is 12.1 Å². The van der Waals surface area contributed by atoms with E-state index in [9.17, 15) is 0 Å². The van der Waals surface area contributed by atoms with Crippen LogP contribution < -0.4 is 5.32 Å². The van der Waals surface area contributed by atoms with E-state index in [1.807, 2.05) is 6.07 Å². The molecule has 1 fully saturated rings. The quantitative estimate of drug-likeness (QED) is 0.899. The van der Waals surface area contributed by atoms with Gasteiger partial charge in [0, 0.05) is 30.2 Å². The zero-order chi connectivity index (χ0) is 12.3. The molecule has 0 aromatic carbocycles. The molecular formula is C13H20ClNOS. The summed E-state index contributed by atoms with van der Waals surface area (Å²) in [5, 5.41) is 3.68. The molecule has 0 amide bonds. The average molecular weight is 274 g/mol. The van der Waals surface area contributed by atoms with Crippen molar-refractivity contribution in [2.75, 3.05) is 13.2 Å². The average Bonchev–Trinajstić information content (AvgIpc) is 2.77. The van der Waals surface area contributed by atoms with Crippen LogP contribution in [0.5, 0.6) is 0 Å². The van der Waals surface area contributed by atoms with Crippen molar-refractivity contribution in [3.63, 3.8) is 0 Å². The number of nitrogens with one attached hydrogen (secondary N) is 1. The Morgan fingerprint density at radius 1 is 1.35 bits per heavy atom. The van der Waals surface area contributed by atoms with Gasteiger partial charge in [-0.2, -0.15) is 0 Å². The fraction of sp³-hybridized carbons (Fsp3) is 0.692. The van der Waals surface area contributed by atoms with Gasteiger partial charge in [0.1, 0.15) is 0 Å². The molecule has 2 rings (SSSR count). The van der Waals surface area contributed by atoms with Crippen LogP contribution in [0.3, 0.4) is 0 Å². The van der Waals surface area contributed by atoms with Gasteiger partial charge in [0.2, 0.25) is 0 Å². The molecule has 0 saturated carbocycles. The molecule has 0 spiro atoms. The maximum absolute atomic E-state index is 5.96. The Bertz CT molecular complexity index is 349. The van der Waals surface area contributed by atoms with Crippen LogP contribution in [0, 0.1) is 5.92 Å². The summed E-state index contributed by atoms with van der Waals surface area (Å²) in [7, 11) is 0. The SMILES string of the molecule is CC(NC(C)C1CCOCC1)c1ccc(Cl)s1. The van der Waals surface area contributed by atoms with Gasteiger partial charge in [-0.15, -0.1) is 11.3 Å². The number of hydrogen-bond donors (Lipinski definition) is 1. The van der Waals surface area contributed by atoms with Gasteiger partial charge >= 0.3 is 0 Å². The van der Waals surface area contributed by atoms with E-state index < -0.39 is 0 Å². The normalized spacial score (nSPS) is 21.4. The summed E-state index contributed by atoms with van der Waals surface area (Å²) >= 11 is 7.63. The second kappa shape index (κ2) is 6.19. The van der Waals surface area contributed by atoms with E-state index >= 15 is 0 Å². The molecular weight excluding hydrogens is 254 g/mol. The fourth-order valence-electron chi connectivity index (χ4n) is 2.39. The Morgan fingerprint density at radius 2 is 2.06 bits per heavy atom. The molecule has 1 aromatic heterocycles. The molecule has 96 valence electrons. The Kier molecular flexibility index (Phi) is 4.86. The topological polar surface area (TPSA) is 21.3 Å². The molecule has 2 atom stereocenters. The van der Waals surface area contributed by atoms with Crippen molar-refractivity contribution in [3.05, 3.63) is 21.3 Å². The van der Waals surface area contributed by atoms with E-state index in [4.69, 9.17) is 16.3 Å². The lowest BCUT2D eigenvalue weighted by atomic mass is 9.92. The van der Waals surface area contributed by atoms with Crippen LogP contribution in [0.2, 0.25) is 4.34 Å². The van der Waals surface area contributed by atoms with Crippen molar-refractivity contribution in [1.29, 1.82) is 0 Å². The number of hydrogen-bond acceptors (Lipinski definition) is 3. The predicted octanol–water partition coefficient (Wildman–Crippen LogP) is 3.87. The molecule has 1 N–H and O–H groups in total. The number of thiophene rings is 1. The van der Waals surface area contributed by atoms with Crippen molar-refractivity contribution < 1.29 is 4.74 Å². The lowest BCUT2D eigenvalue weighted by molar-refractivity contribution is 0.0547. The molecule has 1 aliphatic heterocycles. The van der Waals surface area contributed by atoms with Crippen LogP contribution in [-0.2, 0) is 4.74 Å². The van der Waals surface area contributed by atoms with Gasteiger partial charge in [0.15, 0.2) is 0 Å². The van der Waals surface area contributed by atoms with E-state index in [0.717, 1.165) is 23.5 Å². The molecule has 17 heavy (non-hydrogen) atoms.